The molecule has 0 radical (unpaired) electrons. The van der Waals surface area contributed by atoms with Crippen LogP contribution in [0.4, 0.5) is 10.1 Å². The van der Waals surface area contributed by atoms with E-state index in [1.54, 1.807) is 0 Å². The fraction of sp³-hybridized carbons (Fsp3) is 0. The lowest BCUT2D eigenvalue weighted by Gasteiger charge is -1.97. The molecule has 0 heterocycles. The molecule has 0 aliphatic carbocycles. The first-order chi connectivity index (χ1) is 6.07. The quantitative estimate of drug-likeness (QED) is 0.563. The maximum absolute atomic E-state index is 12.8. The van der Waals surface area contributed by atoms with Gasteiger partial charge in [0.25, 0.3) is 5.69 Å². The van der Waals surface area contributed by atoms with Crippen molar-refractivity contribution >= 4 is 21.6 Å². The van der Waals surface area contributed by atoms with Crippen molar-refractivity contribution in [2.24, 2.45) is 0 Å². The first-order valence-corrected chi connectivity index (χ1v) is 3.89. The van der Waals surface area contributed by atoms with Crippen LogP contribution >= 0.6 is 15.9 Å². The highest BCUT2D eigenvalue weighted by atomic mass is 79.9. The minimum Gasteiger partial charge on any atom is -0.258 e. The van der Waals surface area contributed by atoms with Gasteiger partial charge < -0.3 is 0 Å². The van der Waals surface area contributed by atoms with Crippen molar-refractivity contribution in [2.75, 3.05) is 0 Å². The topological polar surface area (TPSA) is 66.9 Å². The minimum atomic E-state index is -0.778. The summed E-state index contributed by atoms with van der Waals surface area (Å²) in [4.78, 5) is 9.65. The van der Waals surface area contributed by atoms with Crippen molar-refractivity contribution in [3.05, 3.63) is 38.1 Å². The standard InChI is InChI=1S/C7H2BrFN2O2/c8-7-4(3-10)5(9)1-2-6(7)11(12)13/h1-2H. The number of nitriles is 1. The average Bonchev–Trinajstić information content (AvgIpc) is 2.04. The largest absolute Gasteiger partial charge is 0.285 e. The number of hydrogen-bond acceptors (Lipinski definition) is 3. The summed E-state index contributed by atoms with van der Waals surface area (Å²) in [5.41, 5.74) is -0.674. The number of nitro benzene ring substituents is 1. The first-order valence-electron chi connectivity index (χ1n) is 3.10. The summed E-state index contributed by atoms with van der Waals surface area (Å²) in [7, 11) is 0. The molecule has 1 rings (SSSR count). The third-order valence-electron chi connectivity index (χ3n) is 1.38. The number of benzene rings is 1. The molecule has 4 nitrogen and oxygen atoms in total. The van der Waals surface area contributed by atoms with Crippen LogP contribution in [-0.2, 0) is 0 Å². The van der Waals surface area contributed by atoms with Crippen LogP contribution in [0.1, 0.15) is 5.56 Å². The molecule has 0 N–H and O–H groups in total. The maximum Gasteiger partial charge on any atom is 0.285 e. The van der Waals surface area contributed by atoms with Gasteiger partial charge in [0.1, 0.15) is 21.9 Å². The summed E-state index contributed by atoms with van der Waals surface area (Å²) in [6, 6.07) is 3.42. The van der Waals surface area contributed by atoms with Gasteiger partial charge in [-0.05, 0) is 22.0 Å². The van der Waals surface area contributed by atoms with E-state index in [9.17, 15) is 14.5 Å². The van der Waals surface area contributed by atoms with Crippen LogP contribution in [-0.4, -0.2) is 4.92 Å². The van der Waals surface area contributed by atoms with Crippen LogP contribution in [0, 0.1) is 27.3 Å². The molecule has 0 aliphatic heterocycles. The van der Waals surface area contributed by atoms with E-state index >= 15 is 0 Å². The zero-order valence-electron chi connectivity index (χ0n) is 6.12. The van der Waals surface area contributed by atoms with Crippen molar-refractivity contribution in [3.63, 3.8) is 0 Å². The van der Waals surface area contributed by atoms with Crippen molar-refractivity contribution in [1.82, 2.24) is 0 Å². The molecule has 0 fully saturated rings. The molecule has 1 aromatic carbocycles. The van der Waals surface area contributed by atoms with Gasteiger partial charge >= 0.3 is 0 Å². The van der Waals surface area contributed by atoms with Crippen LogP contribution in [0.2, 0.25) is 0 Å². The lowest BCUT2D eigenvalue weighted by molar-refractivity contribution is -0.385. The predicted octanol–water partition coefficient (Wildman–Crippen LogP) is 2.37. The number of nitrogens with zero attached hydrogens (tertiary/aromatic N) is 2. The van der Waals surface area contributed by atoms with Gasteiger partial charge in [0.05, 0.1) is 4.92 Å². The summed E-state index contributed by atoms with van der Waals surface area (Å²) >= 11 is 2.79. The Morgan fingerprint density at radius 2 is 2.23 bits per heavy atom. The Labute approximate surface area is 80.9 Å². The van der Waals surface area contributed by atoms with Crippen molar-refractivity contribution in [1.29, 1.82) is 5.26 Å². The summed E-state index contributed by atoms with van der Waals surface area (Å²) in [5.74, 6) is -0.778. The van der Waals surface area contributed by atoms with Crippen molar-refractivity contribution < 1.29 is 9.31 Å². The zero-order chi connectivity index (χ0) is 10.0. The molecule has 0 saturated heterocycles. The molecule has 0 aromatic heterocycles. The second kappa shape index (κ2) is 3.49. The van der Waals surface area contributed by atoms with E-state index in [2.05, 4.69) is 15.9 Å². The number of hydrogen-bond donors (Lipinski definition) is 0. The van der Waals surface area contributed by atoms with Crippen molar-refractivity contribution in [3.8, 4) is 6.07 Å². The fourth-order valence-electron chi connectivity index (χ4n) is 0.785. The third kappa shape index (κ3) is 1.65. The fourth-order valence-corrected chi connectivity index (χ4v) is 1.34. The van der Waals surface area contributed by atoms with Crippen LogP contribution in [0.5, 0.6) is 0 Å². The maximum atomic E-state index is 12.8. The number of rotatable bonds is 1. The van der Waals surface area contributed by atoms with Gasteiger partial charge in [-0.25, -0.2) is 4.39 Å². The second-order valence-corrected chi connectivity index (χ2v) is 2.92. The van der Waals surface area contributed by atoms with Crippen LogP contribution in [0.15, 0.2) is 16.6 Å². The summed E-state index contributed by atoms with van der Waals surface area (Å²) in [5, 5.41) is 18.8. The highest BCUT2D eigenvalue weighted by molar-refractivity contribution is 9.10. The molecule has 6 heteroatoms. The Kier molecular flexibility index (Phi) is 2.58. The van der Waals surface area contributed by atoms with Gasteiger partial charge in [-0.15, -0.1) is 0 Å². The van der Waals surface area contributed by atoms with E-state index in [-0.39, 0.29) is 15.7 Å². The molecule has 0 aliphatic rings. The lowest BCUT2D eigenvalue weighted by Crippen LogP contribution is -1.93. The Hall–Kier alpha value is -1.48. The van der Waals surface area contributed by atoms with Crippen molar-refractivity contribution in [2.45, 2.75) is 0 Å². The van der Waals surface area contributed by atoms with Crippen LogP contribution in [0.3, 0.4) is 0 Å². The van der Waals surface area contributed by atoms with Gasteiger partial charge in [0.2, 0.25) is 0 Å². The Morgan fingerprint density at radius 3 is 2.69 bits per heavy atom. The predicted molar refractivity (Wildman–Crippen MR) is 45.5 cm³/mol. The number of halogens is 2. The van der Waals surface area contributed by atoms with E-state index in [4.69, 9.17) is 5.26 Å². The normalized spacial score (nSPS) is 9.31. The van der Waals surface area contributed by atoms with Gasteiger partial charge in [0.15, 0.2) is 0 Å². The SMILES string of the molecule is N#Cc1c(F)ccc([N+](=O)[O-])c1Br. The van der Waals surface area contributed by atoms with Gasteiger partial charge in [-0.2, -0.15) is 5.26 Å². The molecular weight excluding hydrogens is 243 g/mol. The Morgan fingerprint density at radius 1 is 1.62 bits per heavy atom. The van der Waals surface area contributed by atoms with Gasteiger partial charge in [-0.1, -0.05) is 0 Å². The first kappa shape index (κ1) is 9.61. The average molecular weight is 245 g/mol. The molecule has 0 bridgehead atoms. The molecule has 0 saturated carbocycles. The highest BCUT2D eigenvalue weighted by Crippen LogP contribution is 2.29. The monoisotopic (exact) mass is 244 g/mol. The Bertz CT molecular complexity index is 414. The molecule has 66 valence electrons. The van der Waals surface area contributed by atoms with E-state index in [1.165, 1.54) is 6.07 Å². The lowest BCUT2D eigenvalue weighted by atomic mass is 10.2. The van der Waals surface area contributed by atoms with E-state index in [0.29, 0.717) is 0 Å². The summed E-state index contributed by atoms with van der Waals surface area (Å²) in [6.45, 7) is 0. The molecule has 0 amide bonds. The summed E-state index contributed by atoms with van der Waals surface area (Å²) in [6.07, 6.45) is 0. The number of nitro groups is 1. The van der Waals surface area contributed by atoms with Crippen LogP contribution in [0.25, 0.3) is 0 Å². The van der Waals surface area contributed by atoms with Gasteiger partial charge in [0, 0.05) is 6.07 Å². The summed E-state index contributed by atoms with van der Waals surface area (Å²) < 4.78 is 12.7. The van der Waals surface area contributed by atoms with E-state index < -0.39 is 10.7 Å². The van der Waals surface area contributed by atoms with E-state index in [0.717, 1.165) is 12.1 Å². The third-order valence-corrected chi connectivity index (χ3v) is 2.18. The molecule has 13 heavy (non-hydrogen) atoms. The zero-order valence-corrected chi connectivity index (χ0v) is 7.71. The van der Waals surface area contributed by atoms with E-state index in [1.807, 2.05) is 0 Å². The highest BCUT2D eigenvalue weighted by Gasteiger charge is 2.18. The smallest absolute Gasteiger partial charge is 0.258 e. The second-order valence-electron chi connectivity index (χ2n) is 2.12. The minimum absolute atomic E-state index is 0.125. The van der Waals surface area contributed by atoms with Crippen LogP contribution < -0.4 is 0 Å². The molecular formula is C7H2BrFN2O2. The van der Waals surface area contributed by atoms with Gasteiger partial charge in [-0.3, -0.25) is 10.1 Å². The molecule has 0 spiro atoms. The molecule has 1 aromatic rings. The molecule has 0 unspecified atom stereocenters. The Balaban J connectivity index is 3.47. The molecule has 0 atom stereocenters.